The van der Waals surface area contributed by atoms with E-state index >= 15 is 0 Å². The standard InChI is InChI=1S/C25H37F2N3O2.C15H20F2N2.C6H10O/c1-18-5-7-19(8-6-18)13-21-15-29-17-25(26,27)14-22(29)16-30(21)20-9-11-28(12-10-20)23(31)32-24(2,3)4;1-11-2-4-12(5-3-11)6-13-9-19-10-15(16,17)7-14(19)8-18-13;7-6-4-2-1-3-5-6/h5-8,20-22H,9-17H2,1-4H3;2-5,13-14,18H,6-10H2,1H3;1-5H2/t21-,22-;13-,14-;/m00./s1. The number of nitrogens with zero attached hydrogens (tertiary/aromatic N) is 4. The summed E-state index contributed by atoms with van der Waals surface area (Å²) in [5, 5.41) is 3.42. The van der Waals surface area contributed by atoms with E-state index in [0.29, 0.717) is 44.5 Å². The molecule has 0 bridgehead atoms. The van der Waals surface area contributed by atoms with E-state index in [4.69, 9.17) is 4.74 Å². The van der Waals surface area contributed by atoms with Gasteiger partial charge in [0.2, 0.25) is 0 Å². The molecule has 0 unspecified atom stereocenters. The minimum atomic E-state index is -2.59. The topological polar surface area (TPSA) is 68.4 Å². The summed E-state index contributed by atoms with van der Waals surface area (Å²) in [5.74, 6) is -4.62. The molecule has 8 rings (SSSR count). The van der Waals surface area contributed by atoms with Gasteiger partial charge in [-0.15, -0.1) is 0 Å². The van der Waals surface area contributed by atoms with Crippen molar-refractivity contribution in [1.82, 2.24) is 24.9 Å². The number of piperazine rings is 2. The number of ketones is 1. The molecule has 4 atom stereocenters. The van der Waals surface area contributed by atoms with Gasteiger partial charge in [-0.05, 0) is 84.3 Å². The van der Waals surface area contributed by atoms with Gasteiger partial charge in [0.1, 0.15) is 11.4 Å². The molecule has 6 aliphatic rings. The molecule has 0 spiro atoms. The molecule has 2 aromatic carbocycles. The molecule has 5 saturated heterocycles. The Hall–Kier alpha value is -3.06. The minimum Gasteiger partial charge on any atom is -0.444 e. The van der Waals surface area contributed by atoms with Crippen LogP contribution in [0.25, 0.3) is 0 Å². The second-order valence-electron chi connectivity index (χ2n) is 18.9. The Balaban J connectivity index is 0.000000182. The Bertz CT molecular complexity index is 1640. The highest BCUT2D eigenvalue weighted by Crippen LogP contribution is 2.38. The van der Waals surface area contributed by atoms with Crippen LogP contribution < -0.4 is 5.32 Å². The van der Waals surface area contributed by atoms with Crippen LogP contribution in [0.2, 0.25) is 0 Å². The predicted molar refractivity (Wildman–Crippen MR) is 221 cm³/mol. The third kappa shape index (κ3) is 13.0. The number of carbonyl (C=O) groups excluding carboxylic acids is 2. The number of ether oxygens (including phenoxy) is 1. The molecule has 0 aromatic heterocycles. The van der Waals surface area contributed by atoms with Crippen LogP contribution in [0.3, 0.4) is 0 Å². The average molecular weight is 814 g/mol. The zero-order chi connectivity index (χ0) is 41.7. The number of carbonyl (C=O) groups is 2. The van der Waals surface area contributed by atoms with Crippen LogP contribution in [0.15, 0.2) is 48.5 Å². The summed E-state index contributed by atoms with van der Waals surface area (Å²) in [4.78, 5) is 31.1. The molecule has 5 heterocycles. The number of hydrogen-bond donors (Lipinski definition) is 1. The molecule has 6 fully saturated rings. The summed E-state index contributed by atoms with van der Waals surface area (Å²) >= 11 is 0. The van der Waals surface area contributed by atoms with Gasteiger partial charge < -0.3 is 15.0 Å². The summed E-state index contributed by atoms with van der Waals surface area (Å²) in [7, 11) is 0. The normalized spacial score (nSPS) is 27.7. The van der Waals surface area contributed by atoms with E-state index in [2.05, 4.69) is 72.6 Å². The lowest BCUT2D eigenvalue weighted by molar-refractivity contribution is -0.120. The van der Waals surface area contributed by atoms with Crippen molar-refractivity contribution in [2.75, 3.05) is 52.4 Å². The Labute approximate surface area is 344 Å². The highest BCUT2D eigenvalue weighted by Gasteiger charge is 2.50. The van der Waals surface area contributed by atoms with Gasteiger partial charge in [0.25, 0.3) is 11.8 Å². The predicted octanol–water partition coefficient (Wildman–Crippen LogP) is 8.07. The Morgan fingerprint density at radius 2 is 1.28 bits per heavy atom. The fourth-order valence-electron chi connectivity index (χ4n) is 9.58. The number of piperidine rings is 1. The summed E-state index contributed by atoms with van der Waals surface area (Å²) < 4.78 is 60.6. The highest BCUT2D eigenvalue weighted by molar-refractivity contribution is 5.78. The second-order valence-corrected chi connectivity index (χ2v) is 18.9. The van der Waals surface area contributed by atoms with Gasteiger partial charge in [0.15, 0.2) is 0 Å². The van der Waals surface area contributed by atoms with E-state index in [0.717, 1.165) is 57.9 Å². The lowest BCUT2D eigenvalue weighted by atomic mass is 9.94. The maximum Gasteiger partial charge on any atom is 0.410 e. The molecule has 8 nitrogen and oxygen atoms in total. The maximum atomic E-state index is 14.2. The van der Waals surface area contributed by atoms with Crippen LogP contribution in [0.1, 0.15) is 101 Å². The molecule has 1 aliphatic carbocycles. The first-order valence-corrected chi connectivity index (χ1v) is 21.7. The molecular weight excluding hydrogens is 747 g/mol. The van der Waals surface area contributed by atoms with Crippen LogP contribution >= 0.6 is 0 Å². The molecule has 2 aromatic rings. The Morgan fingerprint density at radius 3 is 1.81 bits per heavy atom. The van der Waals surface area contributed by atoms with Crippen molar-refractivity contribution in [3.05, 3.63) is 70.8 Å². The van der Waals surface area contributed by atoms with Crippen molar-refractivity contribution in [1.29, 1.82) is 0 Å². The van der Waals surface area contributed by atoms with Gasteiger partial charge in [0.05, 0.1) is 13.1 Å². The van der Waals surface area contributed by atoms with Crippen molar-refractivity contribution < 1.29 is 31.9 Å². The van der Waals surface area contributed by atoms with Crippen molar-refractivity contribution in [2.45, 2.75) is 153 Å². The van der Waals surface area contributed by atoms with E-state index in [1.165, 1.54) is 28.7 Å². The number of hydrogen-bond acceptors (Lipinski definition) is 7. The quantitative estimate of drug-likeness (QED) is 0.307. The zero-order valence-corrected chi connectivity index (χ0v) is 35.5. The van der Waals surface area contributed by atoms with Gasteiger partial charge >= 0.3 is 6.09 Å². The average Bonchev–Trinajstić information content (AvgIpc) is 3.65. The van der Waals surface area contributed by atoms with Crippen LogP contribution in [0, 0.1) is 13.8 Å². The SMILES string of the molecule is Cc1ccc(C[C@H]2CN3CC(F)(F)C[C@H]3CN2)cc1.Cc1ccc(C[C@H]2CN3CC(F)(F)C[C@H]3CN2C2CCN(C(=O)OC(C)(C)C)CC2)cc1.O=C1CCCCC1. The number of halogens is 4. The van der Waals surface area contributed by atoms with Crippen molar-refractivity contribution in [2.24, 2.45) is 0 Å². The minimum absolute atomic E-state index is 0.0112. The molecule has 58 heavy (non-hydrogen) atoms. The van der Waals surface area contributed by atoms with Crippen LogP contribution in [-0.4, -0.2) is 131 Å². The van der Waals surface area contributed by atoms with Crippen molar-refractivity contribution in [3.63, 3.8) is 0 Å². The molecule has 12 heteroatoms. The largest absolute Gasteiger partial charge is 0.444 e. The summed E-state index contributed by atoms with van der Waals surface area (Å²) in [6.07, 6.45) is 8.43. The van der Waals surface area contributed by atoms with Gasteiger partial charge in [-0.3, -0.25) is 19.5 Å². The molecule has 1 amide bonds. The Kier molecular flexibility index (Phi) is 14.7. The number of fused-ring (bicyclic) bond motifs is 2. The smallest absolute Gasteiger partial charge is 0.410 e. The van der Waals surface area contributed by atoms with E-state index < -0.39 is 17.4 Å². The first-order chi connectivity index (χ1) is 27.4. The van der Waals surface area contributed by atoms with Crippen LogP contribution in [0.4, 0.5) is 22.4 Å². The maximum absolute atomic E-state index is 14.2. The number of Topliss-reactive ketones (excluding diaryl/α,β-unsaturated/α-hetero) is 1. The fourth-order valence-corrected chi connectivity index (χ4v) is 9.58. The van der Waals surface area contributed by atoms with E-state index in [1.807, 2.05) is 30.6 Å². The van der Waals surface area contributed by atoms with Gasteiger partial charge in [-0.25, -0.2) is 22.4 Å². The summed E-state index contributed by atoms with van der Waals surface area (Å²) in [6, 6.07) is 17.7. The second kappa shape index (κ2) is 19.1. The van der Waals surface area contributed by atoms with Crippen molar-refractivity contribution in [3.8, 4) is 0 Å². The summed E-state index contributed by atoms with van der Waals surface area (Å²) in [6.45, 7) is 13.7. The Morgan fingerprint density at radius 1 is 0.741 bits per heavy atom. The number of alkyl halides is 4. The molecule has 1 N–H and O–H groups in total. The van der Waals surface area contributed by atoms with Crippen LogP contribution in [0.5, 0.6) is 0 Å². The summed E-state index contributed by atoms with van der Waals surface area (Å²) in [5.41, 5.74) is 4.49. The molecule has 5 aliphatic heterocycles. The number of aryl methyl sites for hydroxylation is 2. The number of benzene rings is 2. The van der Waals surface area contributed by atoms with Gasteiger partial charge in [-0.2, -0.15) is 0 Å². The van der Waals surface area contributed by atoms with Crippen LogP contribution in [-0.2, 0) is 22.4 Å². The number of rotatable bonds is 5. The van der Waals surface area contributed by atoms with Gasteiger partial charge in [0, 0.05) is 95.2 Å². The first kappa shape index (κ1) is 44.5. The lowest BCUT2D eigenvalue weighted by Gasteiger charge is -2.49. The van der Waals surface area contributed by atoms with Crippen molar-refractivity contribution >= 4 is 11.9 Å². The lowest BCUT2D eigenvalue weighted by Crippen LogP contribution is -2.61. The molecule has 0 radical (unpaired) electrons. The first-order valence-electron chi connectivity index (χ1n) is 21.7. The number of nitrogens with one attached hydrogen (secondary N) is 1. The third-order valence-electron chi connectivity index (χ3n) is 12.6. The van der Waals surface area contributed by atoms with Gasteiger partial charge in [-0.1, -0.05) is 66.1 Å². The number of amides is 1. The monoisotopic (exact) mass is 814 g/mol. The highest BCUT2D eigenvalue weighted by atomic mass is 19.3. The van der Waals surface area contributed by atoms with E-state index in [9.17, 15) is 27.2 Å². The molecule has 1 saturated carbocycles. The van der Waals surface area contributed by atoms with E-state index in [1.54, 1.807) is 4.90 Å². The molecule has 322 valence electrons. The zero-order valence-electron chi connectivity index (χ0n) is 35.5. The fraction of sp³-hybridized carbons (Fsp3) is 0.696. The molecular formula is C46H67F4N5O3. The third-order valence-corrected chi connectivity index (χ3v) is 12.6. The number of likely N-dealkylation sites (tertiary alicyclic amines) is 1. The van der Waals surface area contributed by atoms with E-state index in [-0.39, 0.29) is 56.2 Å².